The number of carbonyl (C=O) groups is 2. The topological polar surface area (TPSA) is 49.4 Å². The van der Waals surface area contributed by atoms with E-state index in [1.807, 2.05) is 50.2 Å². The molecular formula is C22H26N2O2. The highest BCUT2D eigenvalue weighted by Crippen LogP contribution is 2.29. The Balaban J connectivity index is 1.68. The average molecular weight is 350 g/mol. The second-order valence-corrected chi connectivity index (χ2v) is 7.46. The Hall–Kier alpha value is -2.62. The third-order valence-corrected chi connectivity index (χ3v) is 4.98. The predicted molar refractivity (Wildman–Crippen MR) is 106 cm³/mol. The van der Waals surface area contributed by atoms with Gasteiger partial charge in [-0.25, -0.2) is 0 Å². The van der Waals surface area contributed by atoms with E-state index in [0.717, 1.165) is 22.5 Å². The van der Waals surface area contributed by atoms with Gasteiger partial charge < -0.3 is 10.2 Å². The fourth-order valence-electron chi connectivity index (χ4n) is 3.42. The maximum atomic E-state index is 12.6. The highest BCUT2D eigenvalue weighted by atomic mass is 16.2. The van der Waals surface area contributed by atoms with Crippen molar-refractivity contribution in [1.29, 1.82) is 0 Å². The minimum absolute atomic E-state index is 0.00672. The van der Waals surface area contributed by atoms with Crippen LogP contribution in [0.15, 0.2) is 42.5 Å². The third-order valence-electron chi connectivity index (χ3n) is 4.98. The molecule has 1 aliphatic heterocycles. The summed E-state index contributed by atoms with van der Waals surface area (Å²) < 4.78 is 0. The number of anilines is 2. The normalized spacial score (nSPS) is 17.0. The van der Waals surface area contributed by atoms with Crippen molar-refractivity contribution in [1.82, 2.24) is 0 Å². The predicted octanol–water partition coefficient (Wildman–Crippen LogP) is 4.42. The summed E-state index contributed by atoms with van der Waals surface area (Å²) in [4.78, 5) is 26.8. The molecule has 2 aromatic rings. The zero-order valence-electron chi connectivity index (χ0n) is 15.9. The van der Waals surface area contributed by atoms with E-state index in [4.69, 9.17) is 0 Å². The molecule has 2 amide bonds. The standard InChI is InChI=1S/C22H26N2O2/c1-14(2)17-6-8-19(9-7-17)23-22(26)18-12-21(25)24(13-18)20-10-5-15(3)11-16(20)4/h5-11,14,18H,12-13H2,1-4H3,(H,23,26). The van der Waals surface area contributed by atoms with Gasteiger partial charge in [0.2, 0.25) is 11.8 Å². The van der Waals surface area contributed by atoms with Gasteiger partial charge in [-0.2, -0.15) is 0 Å². The number of hydrogen-bond donors (Lipinski definition) is 1. The van der Waals surface area contributed by atoms with E-state index in [2.05, 4.69) is 25.2 Å². The lowest BCUT2D eigenvalue weighted by atomic mass is 10.0. The Bertz CT molecular complexity index is 825. The smallest absolute Gasteiger partial charge is 0.229 e. The zero-order valence-corrected chi connectivity index (χ0v) is 15.9. The van der Waals surface area contributed by atoms with Crippen molar-refractivity contribution in [3.8, 4) is 0 Å². The lowest BCUT2D eigenvalue weighted by Gasteiger charge is -2.19. The number of aryl methyl sites for hydroxylation is 2. The van der Waals surface area contributed by atoms with Crippen LogP contribution in [0.4, 0.5) is 11.4 Å². The summed E-state index contributed by atoms with van der Waals surface area (Å²) in [6.07, 6.45) is 0.253. The molecule has 1 fully saturated rings. The fraction of sp³-hybridized carbons (Fsp3) is 0.364. The maximum Gasteiger partial charge on any atom is 0.229 e. The number of hydrogen-bond acceptors (Lipinski definition) is 2. The van der Waals surface area contributed by atoms with Crippen LogP contribution in [-0.4, -0.2) is 18.4 Å². The molecule has 1 unspecified atom stereocenters. The summed E-state index contributed by atoms with van der Waals surface area (Å²) in [5.41, 5.74) is 5.13. The van der Waals surface area contributed by atoms with Crippen molar-refractivity contribution in [3.63, 3.8) is 0 Å². The van der Waals surface area contributed by atoms with Crippen LogP contribution < -0.4 is 10.2 Å². The first-order valence-electron chi connectivity index (χ1n) is 9.13. The molecule has 1 heterocycles. The second-order valence-electron chi connectivity index (χ2n) is 7.46. The number of amides is 2. The molecule has 4 heteroatoms. The van der Waals surface area contributed by atoms with Crippen LogP contribution in [0.5, 0.6) is 0 Å². The number of nitrogens with zero attached hydrogens (tertiary/aromatic N) is 1. The summed E-state index contributed by atoms with van der Waals surface area (Å²) in [5.74, 6) is 0.0432. The van der Waals surface area contributed by atoms with Gasteiger partial charge in [0.05, 0.1) is 5.92 Å². The molecule has 3 rings (SSSR count). The lowest BCUT2D eigenvalue weighted by Crippen LogP contribution is -2.28. The quantitative estimate of drug-likeness (QED) is 0.887. The van der Waals surface area contributed by atoms with Gasteiger partial charge >= 0.3 is 0 Å². The van der Waals surface area contributed by atoms with Gasteiger partial charge in [-0.15, -0.1) is 0 Å². The van der Waals surface area contributed by atoms with Crippen LogP contribution in [0.1, 0.15) is 42.9 Å². The molecule has 1 atom stereocenters. The van der Waals surface area contributed by atoms with Gasteiger partial charge in [-0.3, -0.25) is 9.59 Å². The van der Waals surface area contributed by atoms with Crippen LogP contribution in [0.3, 0.4) is 0 Å². The van der Waals surface area contributed by atoms with Gasteiger partial charge in [-0.1, -0.05) is 43.7 Å². The lowest BCUT2D eigenvalue weighted by molar-refractivity contribution is -0.122. The van der Waals surface area contributed by atoms with E-state index in [0.29, 0.717) is 12.5 Å². The molecular weight excluding hydrogens is 324 g/mol. The molecule has 4 nitrogen and oxygen atoms in total. The summed E-state index contributed by atoms with van der Waals surface area (Å²) in [7, 11) is 0. The molecule has 1 aliphatic rings. The summed E-state index contributed by atoms with van der Waals surface area (Å²) >= 11 is 0. The van der Waals surface area contributed by atoms with E-state index in [9.17, 15) is 9.59 Å². The molecule has 0 saturated carbocycles. The zero-order chi connectivity index (χ0) is 18.8. The molecule has 136 valence electrons. The molecule has 0 aromatic heterocycles. The Kier molecular flexibility index (Phi) is 5.12. The second kappa shape index (κ2) is 7.32. The van der Waals surface area contributed by atoms with Crippen molar-refractivity contribution < 1.29 is 9.59 Å². The highest BCUT2D eigenvalue weighted by Gasteiger charge is 2.35. The van der Waals surface area contributed by atoms with Crippen LogP contribution in [0, 0.1) is 19.8 Å². The summed E-state index contributed by atoms with van der Waals surface area (Å²) in [6, 6.07) is 13.9. The van der Waals surface area contributed by atoms with Crippen LogP contribution in [0.25, 0.3) is 0 Å². The third kappa shape index (κ3) is 3.79. The molecule has 1 saturated heterocycles. The fourth-order valence-corrected chi connectivity index (χ4v) is 3.42. The molecule has 1 N–H and O–H groups in total. The average Bonchev–Trinajstić information content (AvgIpc) is 2.97. The Morgan fingerprint density at radius 3 is 2.42 bits per heavy atom. The van der Waals surface area contributed by atoms with E-state index < -0.39 is 0 Å². The Morgan fingerprint density at radius 1 is 1.12 bits per heavy atom. The van der Waals surface area contributed by atoms with Gasteiger partial charge in [0.25, 0.3) is 0 Å². The van der Waals surface area contributed by atoms with Crippen molar-refractivity contribution in [2.45, 2.75) is 40.0 Å². The molecule has 0 aliphatic carbocycles. The van der Waals surface area contributed by atoms with Gasteiger partial charge in [-0.05, 0) is 49.1 Å². The highest BCUT2D eigenvalue weighted by molar-refractivity contribution is 6.03. The van der Waals surface area contributed by atoms with Gasteiger partial charge in [0, 0.05) is 24.3 Å². The molecule has 2 aromatic carbocycles. The van der Waals surface area contributed by atoms with E-state index in [1.165, 1.54) is 5.56 Å². The van der Waals surface area contributed by atoms with Crippen molar-refractivity contribution in [3.05, 3.63) is 59.2 Å². The molecule has 0 bridgehead atoms. The minimum Gasteiger partial charge on any atom is -0.326 e. The first-order chi connectivity index (χ1) is 12.3. The maximum absolute atomic E-state index is 12.6. The van der Waals surface area contributed by atoms with Crippen LogP contribution in [0.2, 0.25) is 0 Å². The van der Waals surface area contributed by atoms with E-state index in [-0.39, 0.29) is 24.2 Å². The van der Waals surface area contributed by atoms with E-state index in [1.54, 1.807) is 4.90 Å². The summed E-state index contributed by atoms with van der Waals surface area (Å²) in [5, 5.41) is 2.95. The first-order valence-corrected chi connectivity index (χ1v) is 9.13. The largest absolute Gasteiger partial charge is 0.326 e. The van der Waals surface area contributed by atoms with Crippen molar-refractivity contribution >= 4 is 23.2 Å². The minimum atomic E-state index is -0.326. The van der Waals surface area contributed by atoms with Gasteiger partial charge in [0.15, 0.2) is 0 Å². The first kappa shape index (κ1) is 18.2. The van der Waals surface area contributed by atoms with Crippen LogP contribution >= 0.6 is 0 Å². The molecule has 26 heavy (non-hydrogen) atoms. The Labute approximate surface area is 155 Å². The van der Waals surface area contributed by atoms with Crippen molar-refractivity contribution in [2.75, 3.05) is 16.8 Å². The van der Waals surface area contributed by atoms with E-state index >= 15 is 0 Å². The molecule has 0 spiro atoms. The Morgan fingerprint density at radius 2 is 1.81 bits per heavy atom. The monoisotopic (exact) mass is 350 g/mol. The number of benzene rings is 2. The van der Waals surface area contributed by atoms with Crippen LogP contribution in [-0.2, 0) is 9.59 Å². The molecule has 0 radical (unpaired) electrons. The summed E-state index contributed by atoms with van der Waals surface area (Å²) in [6.45, 7) is 8.74. The number of carbonyl (C=O) groups excluding carboxylic acids is 2. The SMILES string of the molecule is Cc1ccc(N2CC(C(=O)Nc3ccc(C(C)C)cc3)CC2=O)c(C)c1. The number of nitrogens with one attached hydrogen (secondary N) is 1. The van der Waals surface area contributed by atoms with Gasteiger partial charge in [0.1, 0.15) is 0 Å². The number of rotatable bonds is 4. The van der Waals surface area contributed by atoms with Crippen molar-refractivity contribution in [2.24, 2.45) is 5.92 Å².